The zero-order valence-corrected chi connectivity index (χ0v) is 17.5. The molecule has 154 valence electrons. The van der Waals surface area contributed by atoms with Gasteiger partial charge >= 0.3 is 0 Å². The minimum atomic E-state index is -0.147. The van der Waals surface area contributed by atoms with Crippen LogP contribution in [0.4, 0.5) is 0 Å². The molecule has 0 spiro atoms. The van der Waals surface area contributed by atoms with Crippen LogP contribution in [-0.4, -0.2) is 31.3 Å². The molecule has 0 aliphatic carbocycles. The van der Waals surface area contributed by atoms with Gasteiger partial charge in [-0.05, 0) is 36.2 Å². The summed E-state index contributed by atoms with van der Waals surface area (Å²) >= 11 is 6.48. The van der Waals surface area contributed by atoms with Gasteiger partial charge in [0.2, 0.25) is 0 Å². The highest BCUT2D eigenvalue weighted by Gasteiger charge is 2.18. The standard InChI is InChI=1S/C23H18ClN5O2/c1-31-16-8-6-15(7-9-16)10-12-28-13-11-19-20(22(28)30)21(17-4-2-3-5-18(17)24)29-23(27-19)25-14-26-29/h2-9,11,13-14H,10,12H2,1H3. The number of pyridine rings is 1. The first-order valence-electron chi connectivity index (χ1n) is 9.76. The fourth-order valence-electron chi connectivity index (χ4n) is 3.68. The molecule has 0 aliphatic heterocycles. The molecular weight excluding hydrogens is 414 g/mol. The maximum atomic E-state index is 13.5. The van der Waals surface area contributed by atoms with Crippen molar-refractivity contribution in [2.24, 2.45) is 0 Å². The van der Waals surface area contributed by atoms with Crippen LogP contribution in [0.2, 0.25) is 5.02 Å². The molecule has 0 aliphatic rings. The molecule has 0 bridgehead atoms. The predicted molar refractivity (Wildman–Crippen MR) is 120 cm³/mol. The molecule has 0 unspecified atom stereocenters. The number of aryl methyl sites for hydroxylation is 2. The minimum Gasteiger partial charge on any atom is -0.497 e. The molecule has 3 heterocycles. The number of methoxy groups -OCH3 is 1. The van der Waals surface area contributed by atoms with Crippen molar-refractivity contribution in [1.82, 2.24) is 24.1 Å². The second-order valence-corrected chi connectivity index (χ2v) is 7.49. The summed E-state index contributed by atoms with van der Waals surface area (Å²) in [6.45, 7) is 0.526. The Bertz CT molecular complexity index is 1460. The van der Waals surface area contributed by atoms with Crippen molar-refractivity contribution in [2.45, 2.75) is 13.0 Å². The lowest BCUT2D eigenvalue weighted by atomic mass is 10.1. The second kappa shape index (κ2) is 7.85. The number of ether oxygens (including phenoxy) is 1. The second-order valence-electron chi connectivity index (χ2n) is 7.08. The molecular formula is C23H18ClN5O2. The Labute approximate surface area is 182 Å². The first kappa shape index (κ1) is 19.3. The van der Waals surface area contributed by atoms with Gasteiger partial charge in [0.15, 0.2) is 0 Å². The van der Waals surface area contributed by atoms with Gasteiger partial charge in [0.25, 0.3) is 11.3 Å². The van der Waals surface area contributed by atoms with Crippen LogP contribution in [0, 0.1) is 0 Å². The minimum absolute atomic E-state index is 0.147. The lowest BCUT2D eigenvalue weighted by Crippen LogP contribution is -2.22. The highest BCUT2D eigenvalue weighted by Crippen LogP contribution is 2.31. The summed E-state index contributed by atoms with van der Waals surface area (Å²) in [5, 5.41) is 5.28. The summed E-state index contributed by atoms with van der Waals surface area (Å²) in [5.41, 5.74) is 2.82. The number of aromatic nitrogens is 5. The largest absolute Gasteiger partial charge is 0.497 e. The molecule has 2 aromatic carbocycles. The van der Waals surface area contributed by atoms with Crippen molar-refractivity contribution in [3.8, 4) is 17.0 Å². The normalized spacial score (nSPS) is 11.3. The third-order valence-corrected chi connectivity index (χ3v) is 5.60. The fourth-order valence-corrected chi connectivity index (χ4v) is 3.91. The number of nitrogens with zero attached hydrogens (tertiary/aromatic N) is 5. The maximum Gasteiger partial charge on any atom is 0.262 e. The third-order valence-electron chi connectivity index (χ3n) is 5.27. The molecule has 0 amide bonds. The average molecular weight is 432 g/mol. The molecule has 3 aromatic heterocycles. The fraction of sp³-hybridized carbons (Fsp3) is 0.130. The number of rotatable bonds is 5. The Balaban J connectivity index is 1.65. The Morgan fingerprint density at radius 1 is 1.06 bits per heavy atom. The van der Waals surface area contributed by atoms with Gasteiger partial charge in [-0.3, -0.25) is 4.79 Å². The number of fused-ring (bicyclic) bond motifs is 2. The topological polar surface area (TPSA) is 74.3 Å². The maximum absolute atomic E-state index is 13.5. The zero-order valence-electron chi connectivity index (χ0n) is 16.7. The van der Waals surface area contributed by atoms with Crippen molar-refractivity contribution in [2.75, 3.05) is 7.11 Å². The molecule has 31 heavy (non-hydrogen) atoms. The van der Waals surface area contributed by atoms with Crippen LogP contribution in [0.25, 0.3) is 27.9 Å². The van der Waals surface area contributed by atoms with E-state index in [2.05, 4.69) is 15.1 Å². The van der Waals surface area contributed by atoms with Gasteiger partial charge < -0.3 is 9.30 Å². The van der Waals surface area contributed by atoms with E-state index >= 15 is 0 Å². The molecule has 0 atom stereocenters. The van der Waals surface area contributed by atoms with Crippen LogP contribution in [0.15, 0.2) is 71.9 Å². The smallest absolute Gasteiger partial charge is 0.262 e. The van der Waals surface area contributed by atoms with Gasteiger partial charge in [-0.15, -0.1) is 0 Å². The summed E-state index contributed by atoms with van der Waals surface area (Å²) in [6.07, 6.45) is 3.89. The summed E-state index contributed by atoms with van der Waals surface area (Å²) < 4.78 is 8.47. The van der Waals surface area contributed by atoms with Gasteiger partial charge in [-0.2, -0.15) is 14.6 Å². The number of benzene rings is 2. The summed E-state index contributed by atoms with van der Waals surface area (Å²) in [5.74, 6) is 1.22. The van der Waals surface area contributed by atoms with Gasteiger partial charge in [0, 0.05) is 23.3 Å². The van der Waals surface area contributed by atoms with Crippen LogP contribution in [0.3, 0.4) is 0 Å². The van der Waals surface area contributed by atoms with E-state index < -0.39 is 0 Å². The van der Waals surface area contributed by atoms with E-state index in [0.29, 0.717) is 45.9 Å². The van der Waals surface area contributed by atoms with Crippen LogP contribution < -0.4 is 10.3 Å². The Morgan fingerprint density at radius 2 is 1.87 bits per heavy atom. The van der Waals surface area contributed by atoms with E-state index in [-0.39, 0.29) is 5.56 Å². The highest BCUT2D eigenvalue weighted by atomic mass is 35.5. The average Bonchev–Trinajstić information content (AvgIpc) is 3.26. The van der Waals surface area contributed by atoms with E-state index in [1.165, 1.54) is 6.33 Å². The Hall–Kier alpha value is -3.71. The SMILES string of the molecule is COc1ccc(CCn2ccc3nc4ncnn4c(-c4ccccc4Cl)c3c2=O)cc1. The van der Waals surface area contributed by atoms with E-state index in [9.17, 15) is 4.79 Å². The van der Waals surface area contributed by atoms with Crippen molar-refractivity contribution < 1.29 is 4.74 Å². The van der Waals surface area contributed by atoms with E-state index in [4.69, 9.17) is 16.3 Å². The lowest BCUT2D eigenvalue weighted by Gasteiger charge is -2.12. The Kier molecular flexibility index (Phi) is 4.88. The summed E-state index contributed by atoms with van der Waals surface area (Å²) in [4.78, 5) is 22.2. The molecule has 5 aromatic rings. The first-order valence-corrected chi connectivity index (χ1v) is 10.1. The van der Waals surface area contributed by atoms with Crippen molar-refractivity contribution >= 4 is 28.3 Å². The van der Waals surface area contributed by atoms with Crippen LogP contribution in [0.5, 0.6) is 5.75 Å². The van der Waals surface area contributed by atoms with Crippen LogP contribution in [-0.2, 0) is 13.0 Å². The number of hydrogen-bond acceptors (Lipinski definition) is 5. The molecule has 0 saturated carbocycles. The number of halogens is 1. The molecule has 7 nitrogen and oxygen atoms in total. The van der Waals surface area contributed by atoms with Gasteiger partial charge in [0.05, 0.1) is 23.7 Å². The van der Waals surface area contributed by atoms with Gasteiger partial charge in [0.1, 0.15) is 12.1 Å². The van der Waals surface area contributed by atoms with E-state index in [1.54, 1.807) is 28.5 Å². The van der Waals surface area contributed by atoms with Gasteiger partial charge in [-0.1, -0.05) is 41.9 Å². The zero-order chi connectivity index (χ0) is 21.4. The highest BCUT2D eigenvalue weighted by molar-refractivity contribution is 6.33. The van der Waals surface area contributed by atoms with Gasteiger partial charge in [-0.25, -0.2) is 4.98 Å². The Morgan fingerprint density at radius 3 is 2.65 bits per heavy atom. The summed E-state index contributed by atoms with van der Waals surface area (Å²) in [7, 11) is 1.64. The van der Waals surface area contributed by atoms with E-state index in [0.717, 1.165) is 11.3 Å². The molecule has 0 radical (unpaired) electrons. The predicted octanol–water partition coefficient (Wildman–Crippen LogP) is 4.01. The van der Waals surface area contributed by atoms with Crippen molar-refractivity contribution in [3.63, 3.8) is 0 Å². The monoisotopic (exact) mass is 431 g/mol. The van der Waals surface area contributed by atoms with E-state index in [1.807, 2.05) is 48.5 Å². The molecule has 8 heteroatoms. The first-order chi connectivity index (χ1) is 15.2. The van der Waals surface area contributed by atoms with Crippen molar-refractivity contribution in [3.05, 3.63) is 88.1 Å². The van der Waals surface area contributed by atoms with Crippen LogP contribution in [0.1, 0.15) is 5.56 Å². The summed E-state index contributed by atoms with van der Waals surface area (Å²) in [6, 6.07) is 17.0. The van der Waals surface area contributed by atoms with Crippen molar-refractivity contribution in [1.29, 1.82) is 0 Å². The third kappa shape index (κ3) is 3.43. The molecule has 0 saturated heterocycles. The van der Waals surface area contributed by atoms with Crippen LogP contribution >= 0.6 is 11.6 Å². The molecule has 0 N–H and O–H groups in total. The lowest BCUT2D eigenvalue weighted by molar-refractivity contribution is 0.414. The quantitative estimate of drug-likeness (QED) is 0.420. The number of hydrogen-bond donors (Lipinski definition) is 0. The molecule has 5 rings (SSSR count). The molecule has 0 fully saturated rings.